The number of hydrogen-bond acceptors (Lipinski definition) is 2. The van der Waals surface area contributed by atoms with Crippen LogP contribution in [0, 0.1) is 39.4 Å². The van der Waals surface area contributed by atoms with Crippen molar-refractivity contribution in [2.24, 2.45) is 39.4 Å². The van der Waals surface area contributed by atoms with Crippen LogP contribution in [0.1, 0.15) is 107 Å². The molecule has 2 heteroatoms. The second-order valence-electron chi connectivity index (χ2n) is 14.3. The van der Waals surface area contributed by atoms with Crippen LogP contribution < -0.4 is 0 Å². The van der Waals surface area contributed by atoms with E-state index in [2.05, 4.69) is 67.5 Å². The Morgan fingerprint density at radius 3 is 2.24 bits per heavy atom. The zero-order valence-electron chi connectivity index (χ0n) is 23.0. The third-order valence-electron chi connectivity index (χ3n) is 12.3. The van der Waals surface area contributed by atoms with E-state index in [1.807, 2.05) is 18.3 Å². The van der Waals surface area contributed by atoms with Gasteiger partial charge in [0, 0.05) is 7.11 Å². The van der Waals surface area contributed by atoms with Gasteiger partial charge in [-0.25, -0.2) is 0 Å². The van der Waals surface area contributed by atoms with E-state index in [-0.39, 0.29) is 11.0 Å². The highest BCUT2D eigenvalue weighted by Crippen LogP contribution is 2.72. The summed E-state index contributed by atoms with van der Waals surface area (Å²) in [6.45, 7) is 19.8. The van der Waals surface area contributed by atoms with Crippen LogP contribution in [-0.2, 0) is 9.47 Å². The van der Waals surface area contributed by atoms with Crippen LogP contribution in [0.5, 0.6) is 0 Å². The molecular formula is C31H50O2. The number of allylic oxidation sites excluding steroid dienone is 3. The first-order valence-corrected chi connectivity index (χ1v) is 13.9. The molecule has 0 amide bonds. The Morgan fingerprint density at radius 1 is 0.909 bits per heavy atom. The lowest BCUT2D eigenvalue weighted by atomic mass is 9.43. The van der Waals surface area contributed by atoms with E-state index in [1.165, 1.54) is 51.4 Å². The lowest BCUT2D eigenvalue weighted by Crippen LogP contribution is -2.55. The first kappa shape index (κ1) is 24.1. The highest BCUT2D eigenvalue weighted by Gasteiger charge is 2.63. The normalized spacial score (nSPS) is 48.9. The SMILES string of the molecule is CO[C@H]1CC[C@]2(C)C3=C(CC[C@H]2C1(C)C)[C@]1(C)CC[C@H]([C@H](C)/C=C/[C@H]2OC2(C)C)[C@@]1(C)CC3. The molecule has 0 N–H and O–H groups in total. The predicted molar refractivity (Wildman–Crippen MR) is 137 cm³/mol. The molecule has 0 unspecified atom stereocenters. The van der Waals surface area contributed by atoms with Crippen LogP contribution in [0.3, 0.4) is 0 Å². The van der Waals surface area contributed by atoms with Gasteiger partial charge in [-0.2, -0.15) is 0 Å². The molecule has 1 aliphatic heterocycles. The van der Waals surface area contributed by atoms with E-state index in [9.17, 15) is 0 Å². The smallest absolute Gasteiger partial charge is 0.105 e. The molecule has 0 aromatic carbocycles. The van der Waals surface area contributed by atoms with Crippen molar-refractivity contribution in [2.75, 3.05) is 7.11 Å². The quantitative estimate of drug-likeness (QED) is 0.316. The van der Waals surface area contributed by atoms with E-state index < -0.39 is 0 Å². The largest absolute Gasteiger partial charge is 0.381 e. The van der Waals surface area contributed by atoms with E-state index in [1.54, 1.807) is 0 Å². The Morgan fingerprint density at radius 2 is 1.61 bits per heavy atom. The van der Waals surface area contributed by atoms with Crippen LogP contribution in [-0.4, -0.2) is 24.9 Å². The fourth-order valence-corrected chi connectivity index (χ4v) is 9.94. The molecule has 4 aliphatic carbocycles. The molecule has 0 radical (unpaired) electrons. The van der Waals surface area contributed by atoms with E-state index in [4.69, 9.17) is 9.47 Å². The van der Waals surface area contributed by atoms with Crippen molar-refractivity contribution in [3.63, 3.8) is 0 Å². The van der Waals surface area contributed by atoms with Gasteiger partial charge in [0.15, 0.2) is 0 Å². The summed E-state index contributed by atoms with van der Waals surface area (Å²) in [6, 6.07) is 0. The Hall–Kier alpha value is -0.600. The van der Waals surface area contributed by atoms with Crippen LogP contribution in [0.2, 0.25) is 0 Å². The minimum atomic E-state index is 0.0541. The maximum Gasteiger partial charge on any atom is 0.105 e. The molecule has 2 nitrogen and oxygen atoms in total. The zero-order chi connectivity index (χ0) is 24.0. The number of hydrogen-bond donors (Lipinski definition) is 0. The summed E-state index contributed by atoms with van der Waals surface area (Å²) >= 11 is 0. The Kier molecular flexibility index (Phi) is 5.44. The lowest BCUT2D eigenvalue weighted by Gasteiger charge is -2.62. The van der Waals surface area contributed by atoms with E-state index in [0.29, 0.717) is 34.4 Å². The van der Waals surface area contributed by atoms with Gasteiger partial charge in [0.1, 0.15) is 6.10 Å². The Labute approximate surface area is 204 Å². The van der Waals surface area contributed by atoms with Crippen LogP contribution in [0.15, 0.2) is 23.3 Å². The zero-order valence-corrected chi connectivity index (χ0v) is 23.0. The summed E-state index contributed by atoms with van der Waals surface area (Å²) in [7, 11) is 1.93. The maximum atomic E-state index is 6.01. The molecule has 0 aromatic rings. The predicted octanol–water partition coefficient (Wildman–Crippen LogP) is 8.12. The van der Waals surface area contributed by atoms with Crippen LogP contribution in [0.25, 0.3) is 0 Å². The number of ether oxygens (including phenoxy) is 2. The fourth-order valence-electron chi connectivity index (χ4n) is 9.94. The second-order valence-corrected chi connectivity index (χ2v) is 14.3. The molecule has 0 aromatic heterocycles. The Balaban J connectivity index is 1.44. The molecule has 5 aliphatic rings. The standard InChI is InChI=1S/C31H50O2/c1-20(10-13-26-28(4,5)33-26)21-14-18-31(8)23-11-12-24-27(2,3)25(32-9)16-17-29(24,6)22(23)15-19-30(21,31)7/h10,13,20-21,24-26H,11-12,14-19H2,1-9H3/b13-10+/t20-,21-,24+,25+,26-,29-,30-,31+/m1/s1. The fraction of sp³-hybridized carbons (Fsp3) is 0.871. The van der Waals surface area contributed by atoms with Gasteiger partial charge in [-0.3, -0.25) is 0 Å². The molecule has 5 rings (SSSR count). The summed E-state index contributed by atoms with van der Waals surface area (Å²) in [4.78, 5) is 0. The van der Waals surface area contributed by atoms with Crippen molar-refractivity contribution in [3.8, 4) is 0 Å². The van der Waals surface area contributed by atoms with Gasteiger partial charge in [-0.05, 0) is 105 Å². The molecule has 3 fully saturated rings. The average molecular weight is 455 g/mol. The van der Waals surface area contributed by atoms with Crippen molar-refractivity contribution in [2.45, 2.75) is 125 Å². The highest BCUT2D eigenvalue weighted by molar-refractivity contribution is 5.39. The molecule has 1 heterocycles. The monoisotopic (exact) mass is 454 g/mol. The van der Waals surface area contributed by atoms with Gasteiger partial charge >= 0.3 is 0 Å². The highest BCUT2D eigenvalue weighted by atomic mass is 16.6. The summed E-state index contributed by atoms with van der Waals surface area (Å²) in [5, 5.41) is 0. The van der Waals surface area contributed by atoms with E-state index >= 15 is 0 Å². The number of methoxy groups -OCH3 is 1. The minimum absolute atomic E-state index is 0.0541. The third kappa shape index (κ3) is 3.25. The first-order chi connectivity index (χ1) is 15.3. The van der Waals surface area contributed by atoms with Gasteiger partial charge in [0.05, 0.1) is 11.7 Å². The van der Waals surface area contributed by atoms with Gasteiger partial charge < -0.3 is 9.47 Å². The third-order valence-corrected chi connectivity index (χ3v) is 12.3. The van der Waals surface area contributed by atoms with Crippen LogP contribution in [0.4, 0.5) is 0 Å². The minimum Gasteiger partial charge on any atom is -0.381 e. The molecule has 33 heavy (non-hydrogen) atoms. The molecule has 0 spiro atoms. The molecular weight excluding hydrogens is 404 g/mol. The molecule has 186 valence electrons. The molecule has 0 bridgehead atoms. The summed E-state index contributed by atoms with van der Waals surface area (Å²) in [5.41, 5.74) is 5.26. The average Bonchev–Trinajstić information content (AvgIpc) is 3.24. The van der Waals surface area contributed by atoms with Crippen molar-refractivity contribution < 1.29 is 9.47 Å². The topological polar surface area (TPSA) is 21.8 Å². The van der Waals surface area contributed by atoms with Crippen molar-refractivity contribution in [1.29, 1.82) is 0 Å². The van der Waals surface area contributed by atoms with Crippen molar-refractivity contribution in [1.82, 2.24) is 0 Å². The number of fused-ring (bicyclic) bond motifs is 4. The first-order valence-electron chi connectivity index (χ1n) is 13.9. The van der Waals surface area contributed by atoms with Gasteiger partial charge in [0.25, 0.3) is 0 Å². The number of epoxide rings is 1. The summed E-state index contributed by atoms with van der Waals surface area (Å²) in [6.07, 6.45) is 16.2. The summed E-state index contributed by atoms with van der Waals surface area (Å²) in [5.74, 6) is 2.15. The van der Waals surface area contributed by atoms with Crippen molar-refractivity contribution >= 4 is 0 Å². The lowest BCUT2D eigenvalue weighted by molar-refractivity contribution is -0.112. The van der Waals surface area contributed by atoms with Crippen LogP contribution >= 0.6 is 0 Å². The summed E-state index contributed by atoms with van der Waals surface area (Å²) < 4.78 is 11.8. The molecule has 2 saturated carbocycles. The number of rotatable bonds is 4. The van der Waals surface area contributed by atoms with Gasteiger partial charge in [-0.1, -0.05) is 64.8 Å². The Bertz CT molecular complexity index is 864. The van der Waals surface area contributed by atoms with Gasteiger partial charge in [0.2, 0.25) is 0 Å². The second kappa shape index (κ2) is 7.45. The molecule has 1 saturated heterocycles. The molecule has 8 atom stereocenters. The maximum absolute atomic E-state index is 6.01. The van der Waals surface area contributed by atoms with E-state index in [0.717, 1.165) is 11.8 Å². The van der Waals surface area contributed by atoms with Crippen molar-refractivity contribution in [3.05, 3.63) is 23.3 Å². The van der Waals surface area contributed by atoms with Gasteiger partial charge in [-0.15, -0.1) is 0 Å².